The van der Waals surface area contributed by atoms with E-state index >= 15 is 0 Å². The minimum absolute atomic E-state index is 0.145. The summed E-state index contributed by atoms with van der Waals surface area (Å²) in [6.07, 6.45) is 2.72. The number of nitrogens with zero attached hydrogens (tertiary/aromatic N) is 2. The number of ether oxygens (including phenoxy) is 2. The first-order valence-electron chi connectivity index (χ1n) is 8.88. The molecule has 0 radical (unpaired) electrons. The van der Waals surface area contributed by atoms with Crippen molar-refractivity contribution in [2.75, 3.05) is 20.8 Å². The zero-order chi connectivity index (χ0) is 20.1. The number of amides is 1. The fourth-order valence-electron chi connectivity index (χ4n) is 3.15. The third kappa shape index (κ3) is 4.26. The fraction of sp³-hybridized carbons (Fsp3) is 0.368. The van der Waals surface area contributed by atoms with Gasteiger partial charge < -0.3 is 14.8 Å². The minimum atomic E-state index is -3.76. The van der Waals surface area contributed by atoms with Crippen molar-refractivity contribution in [2.45, 2.75) is 30.3 Å². The molecule has 1 aromatic carbocycles. The van der Waals surface area contributed by atoms with Crippen LogP contribution < -0.4 is 14.8 Å². The second-order valence-corrected chi connectivity index (χ2v) is 8.26. The number of hydrogen-bond donors (Lipinski definition) is 1. The Morgan fingerprint density at radius 1 is 1.21 bits per heavy atom. The third-order valence-corrected chi connectivity index (χ3v) is 6.57. The Morgan fingerprint density at radius 3 is 2.64 bits per heavy atom. The molecule has 9 heteroatoms. The number of sulfonamides is 1. The van der Waals surface area contributed by atoms with E-state index in [0.29, 0.717) is 31.0 Å². The fourth-order valence-corrected chi connectivity index (χ4v) is 4.81. The summed E-state index contributed by atoms with van der Waals surface area (Å²) in [7, 11) is -0.729. The number of nitrogens with one attached hydrogen (secondary N) is 1. The van der Waals surface area contributed by atoms with Crippen molar-refractivity contribution in [3.8, 4) is 11.6 Å². The average molecular weight is 405 g/mol. The lowest BCUT2D eigenvalue weighted by molar-refractivity contribution is -0.124. The van der Waals surface area contributed by atoms with Gasteiger partial charge in [-0.2, -0.15) is 4.31 Å². The van der Waals surface area contributed by atoms with Gasteiger partial charge in [-0.1, -0.05) is 0 Å². The molecule has 0 aliphatic carbocycles. The number of aromatic nitrogens is 1. The number of rotatable bonds is 7. The lowest BCUT2D eigenvalue weighted by Gasteiger charge is -2.23. The number of methoxy groups -OCH3 is 2. The quantitative estimate of drug-likeness (QED) is 0.751. The second kappa shape index (κ2) is 8.57. The van der Waals surface area contributed by atoms with E-state index in [0.717, 1.165) is 5.56 Å². The molecular formula is C19H23N3O5S. The van der Waals surface area contributed by atoms with E-state index in [9.17, 15) is 13.2 Å². The summed E-state index contributed by atoms with van der Waals surface area (Å²) < 4.78 is 37.4. The van der Waals surface area contributed by atoms with Gasteiger partial charge in [0.25, 0.3) is 0 Å². The normalized spacial score (nSPS) is 17.3. The highest BCUT2D eigenvalue weighted by atomic mass is 32.2. The molecule has 0 unspecified atom stereocenters. The van der Waals surface area contributed by atoms with Gasteiger partial charge in [-0.25, -0.2) is 13.4 Å². The molecule has 1 aliphatic rings. The van der Waals surface area contributed by atoms with E-state index in [4.69, 9.17) is 9.47 Å². The van der Waals surface area contributed by atoms with Crippen molar-refractivity contribution < 1.29 is 22.7 Å². The molecule has 1 saturated heterocycles. The van der Waals surface area contributed by atoms with Gasteiger partial charge in [0.2, 0.25) is 21.8 Å². The van der Waals surface area contributed by atoms with Gasteiger partial charge in [0.15, 0.2) is 0 Å². The van der Waals surface area contributed by atoms with Crippen LogP contribution in [0.15, 0.2) is 47.5 Å². The van der Waals surface area contributed by atoms with Gasteiger partial charge in [0.05, 0.1) is 19.1 Å². The van der Waals surface area contributed by atoms with Gasteiger partial charge in [-0.05, 0) is 48.7 Å². The van der Waals surface area contributed by atoms with Crippen LogP contribution in [0.4, 0.5) is 0 Å². The molecule has 8 nitrogen and oxygen atoms in total. The summed E-state index contributed by atoms with van der Waals surface area (Å²) in [4.78, 5) is 16.8. The molecule has 0 saturated carbocycles. The Labute approximate surface area is 164 Å². The van der Waals surface area contributed by atoms with Crippen LogP contribution in [0.3, 0.4) is 0 Å². The number of pyridine rings is 1. The van der Waals surface area contributed by atoms with Crippen LogP contribution in [0, 0.1) is 0 Å². The van der Waals surface area contributed by atoms with Crippen molar-refractivity contribution in [2.24, 2.45) is 0 Å². The second-order valence-electron chi connectivity index (χ2n) is 6.37. The Kier molecular flexibility index (Phi) is 6.15. The van der Waals surface area contributed by atoms with Crippen molar-refractivity contribution in [3.05, 3.63) is 48.2 Å². The topological polar surface area (TPSA) is 97.8 Å². The lowest BCUT2D eigenvalue weighted by atomic mass is 10.2. The predicted octanol–water partition coefficient (Wildman–Crippen LogP) is 1.57. The molecule has 1 atom stereocenters. The van der Waals surface area contributed by atoms with E-state index in [1.54, 1.807) is 30.5 Å². The SMILES string of the molecule is COc1ccc(S(=O)(=O)N2CCC[C@@H]2C(=O)NCc2ccnc(OC)c2)cc1. The highest BCUT2D eigenvalue weighted by molar-refractivity contribution is 7.89. The van der Waals surface area contributed by atoms with Crippen molar-refractivity contribution in [3.63, 3.8) is 0 Å². The lowest BCUT2D eigenvalue weighted by Crippen LogP contribution is -2.45. The standard InChI is InChI=1S/C19H23N3O5S/c1-26-15-5-7-16(8-6-15)28(24,25)22-11-3-4-17(22)19(23)21-13-14-9-10-20-18(12-14)27-2/h5-10,12,17H,3-4,11,13H2,1-2H3,(H,21,23)/t17-/m1/s1. The Bertz CT molecular complexity index is 931. The average Bonchev–Trinajstić information content (AvgIpc) is 3.23. The monoisotopic (exact) mass is 405 g/mol. The molecule has 0 spiro atoms. The number of carbonyl (C=O) groups is 1. The zero-order valence-corrected chi connectivity index (χ0v) is 16.6. The molecule has 1 aromatic heterocycles. The zero-order valence-electron chi connectivity index (χ0n) is 15.8. The molecule has 3 rings (SSSR count). The van der Waals surface area contributed by atoms with Gasteiger partial charge in [0, 0.05) is 25.4 Å². The molecule has 1 fully saturated rings. The van der Waals surface area contributed by atoms with Gasteiger partial charge in [-0.15, -0.1) is 0 Å². The molecule has 150 valence electrons. The van der Waals surface area contributed by atoms with Gasteiger partial charge >= 0.3 is 0 Å². The summed E-state index contributed by atoms with van der Waals surface area (Å²) in [5.74, 6) is 0.712. The summed E-state index contributed by atoms with van der Waals surface area (Å²) in [5.41, 5.74) is 0.822. The van der Waals surface area contributed by atoms with Crippen LogP contribution >= 0.6 is 0 Å². The van der Waals surface area contributed by atoms with Crippen LogP contribution in [0.25, 0.3) is 0 Å². The Hall–Kier alpha value is -2.65. The highest BCUT2D eigenvalue weighted by Crippen LogP contribution is 2.27. The molecule has 1 aliphatic heterocycles. The minimum Gasteiger partial charge on any atom is -0.497 e. The maximum atomic E-state index is 13.0. The maximum Gasteiger partial charge on any atom is 0.243 e. The summed E-state index contributed by atoms with van der Waals surface area (Å²) >= 11 is 0. The molecule has 2 heterocycles. The van der Waals surface area contributed by atoms with Crippen molar-refractivity contribution >= 4 is 15.9 Å². The molecule has 1 N–H and O–H groups in total. The largest absolute Gasteiger partial charge is 0.497 e. The van der Waals surface area contributed by atoms with Crippen LogP contribution in [-0.4, -0.2) is 50.4 Å². The Morgan fingerprint density at radius 2 is 1.96 bits per heavy atom. The Balaban J connectivity index is 1.71. The smallest absolute Gasteiger partial charge is 0.243 e. The summed E-state index contributed by atoms with van der Waals surface area (Å²) in [6, 6.07) is 8.93. The third-order valence-electron chi connectivity index (χ3n) is 4.65. The van der Waals surface area contributed by atoms with E-state index in [-0.39, 0.29) is 17.3 Å². The number of hydrogen-bond acceptors (Lipinski definition) is 6. The molecular weight excluding hydrogens is 382 g/mol. The predicted molar refractivity (Wildman–Crippen MR) is 103 cm³/mol. The summed E-state index contributed by atoms with van der Waals surface area (Å²) in [5, 5.41) is 2.82. The van der Waals surface area contributed by atoms with Crippen LogP contribution in [0.1, 0.15) is 18.4 Å². The maximum absolute atomic E-state index is 13.0. The van der Waals surface area contributed by atoms with Gasteiger partial charge in [-0.3, -0.25) is 4.79 Å². The molecule has 1 amide bonds. The van der Waals surface area contributed by atoms with E-state index in [1.807, 2.05) is 0 Å². The first kappa shape index (κ1) is 20.1. The highest BCUT2D eigenvalue weighted by Gasteiger charge is 2.39. The first-order valence-corrected chi connectivity index (χ1v) is 10.3. The van der Waals surface area contributed by atoms with E-state index in [2.05, 4.69) is 10.3 Å². The first-order chi connectivity index (χ1) is 13.5. The molecule has 28 heavy (non-hydrogen) atoms. The molecule has 2 aromatic rings. The summed E-state index contributed by atoms with van der Waals surface area (Å²) in [6.45, 7) is 0.583. The van der Waals surface area contributed by atoms with Gasteiger partial charge in [0.1, 0.15) is 11.8 Å². The van der Waals surface area contributed by atoms with Crippen molar-refractivity contribution in [1.29, 1.82) is 0 Å². The molecule has 0 bridgehead atoms. The van der Waals surface area contributed by atoms with E-state index < -0.39 is 16.1 Å². The van der Waals surface area contributed by atoms with Crippen molar-refractivity contribution in [1.82, 2.24) is 14.6 Å². The van der Waals surface area contributed by atoms with Crippen LogP contribution in [0.5, 0.6) is 11.6 Å². The van der Waals surface area contributed by atoms with Crippen LogP contribution in [-0.2, 0) is 21.4 Å². The van der Waals surface area contributed by atoms with Crippen LogP contribution in [0.2, 0.25) is 0 Å². The number of benzene rings is 1. The van der Waals surface area contributed by atoms with E-state index in [1.165, 1.54) is 30.7 Å². The number of carbonyl (C=O) groups excluding carboxylic acids is 1.